The highest BCUT2D eigenvalue weighted by atomic mass is 15.4. The monoisotopic (exact) mass is 557 g/mol. The second-order valence-electron chi connectivity index (χ2n) is 9.91. The molecule has 0 fully saturated rings. The molecule has 0 aliphatic heterocycles. The first-order chi connectivity index (χ1) is 21.2. The number of para-hydroxylation sites is 2. The number of hydrogen-bond acceptors (Lipinski definition) is 3. The molecule has 0 heterocycles. The lowest BCUT2D eigenvalue weighted by molar-refractivity contribution is 1.10. The van der Waals surface area contributed by atoms with E-state index >= 15 is 0 Å². The summed E-state index contributed by atoms with van der Waals surface area (Å²) < 4.78 is 0. The third kappa shape index (κ3) is 7.77. The number of nitrogens with zero attached hydrogens (tertiary/aromatic N) is 3. The van der Waals surface area contributed by atoms with Crippen molar-refractivity contribution in [2.24, 2.45) is 5.10 Å². The van der Waals surface area contributed by atoms with Crippen LogP contribution in [0.3, 0.4) is 0 Å². The SMILES string of the molecule is C/C=C\C(=C/C=C=NN(c1ccccc1)c1ccccc1)N(C)c1ccc(C=C(c2ccccc2)c2ccccc2)cc1. The lowest BCUT2D eigenvalue weighted by Crippen LogP contribution is -2.14. The van der Waals surface area contributed by atoms with Gasteiger partial charge in [0.1, 0.15) is 0 Å². The predicted molar refractivity (Wildman–Crippen MR) is 185 cm³/mol. The van der Waals surface area contributed by atoms with Crippen LogP contribution in [0.2, 0.25) is 0 Å². The van der Waals surface area contributed by atoms with Gasteiger partial charge in [0.25, 0.3) is 0 Å². The van der Waals surface area contributed by atoms with Crippen LogP contribution >= 0.6 is 0 Å². The fraction of sp³-hybridized carbons (Fsp3) is 0.0500. The van der Waals surface area contributed by atoms with Gasteiger partial charge in [-0.3, -0.25) is 0 Å². The first-order valence-corrected chi connectivity index (χ1v) is 14.4. The number of allylic oxidation sites excluding steroid dienone is 4. The van der Waals surface area contributed by atoms with Gasteiger partial charge in [0.15, 0.2) is 0 Å². The van der Waals surface area contributed by atoms with E-state index in [0.717, 1.165) is 28.3 Å². The third-order valence-corrected chi connectivity index (χ3v) is 6.97. The van der Waals surface area contributed by atoms with E-state index in [0.29, 0.717) is 0 Å². The molecule has 3 nitrogen and oxygen atoms in total. The van der Waals surface area contributed by atoms with Crippen LogP contribution in [0, 0.1) is 0 Å². The molecular weight excluding hydrogens is 522 g/mol. The average molecular weight is 558 g/mol. The Bertz CT molecular complexity index is 1650. The van der Waals surface area contributed by atoms with Crippen molar-refractivity contribution in [2.75, 3.05) is 17.0 Å². The minimum atomic E-state index is 0.973. The lowest BCUT2D eigenvalue weighted by Gasteiger charge is -2.20. The molecule has 0 bridgehead atoms. The van der Waals surface area contributed by atoms with E-state index in [1.54, 1.807) is 0 Å². The van der Waals surface area contributed by atoms with Crippen LogP contribution in [0.5, 0.6) is 0 Å². The number of hydrazone groups is 1. The van der Waals surface area contributed by atoms with Crippen molar-refractivity contribution < 1.29 is 0 Å². The Morgan fingerprint density at radius 1 is 0.605 bits per heavy atom. The van der Waals surface area contributed by atoms with Gasteiger partial charge in [-0.1, -0.05) is 115 Å². The molecule has 210 valence electrons. The Labute approximate surface area is 255 Å². The highest BCUT2D eigenvalue weighted by Gasteiger charge is 2.08. The summed E-state index contributed by atoms with van der Waals surface area (Å²) in [5, 5.41) is 6.54. The predicted octanol–water partition coefficient (Wildman–Crippen LogP) is 10.2. The van der Waals surface area contributed by atoms with Crippen LogP contribution in [0.15, 0.2) is 181 Å². The van der Waals surface area contributed by atoms with Gasteiger partial charge in [0, 0.05) is 30.4 Å². The second-order valence-corrected chi connectivity index (χ2v) is 9.91. The smallest absolute Gasteiger partial charge is 0.0659 e. The molecule has 5 rings (SSSR count). The van der Waals surface area contributed by atoms with Crippen LogP contribution in [-0.2, 0) is 0 Å². The Balaban J connectivity index is 1.39. The molecule has 0 aliphatic rings. The molecule has 0 saturated heterocycles. The Hall–Kier alpha value is -5.63. The van der Waals surface area contributed by atoms with Crippen molar-refractivity contribution >= 4 is 34.6 Å². The molecule has 0 amide bonds. The molecule has 0 N–H and O–H groups in total. The van der Waals surface area contributed by atoms with Crippen molar-refractivity contribution in [3.63, 3.8) is 0 Å². The van der Waals surface area contributed by atoms with Gasteiger partial charge >= 0.3 is 0 Å². The van der Waals surface area contributed by atoms with Gasteiger partial charge in [-0.05, 0) is 83.8 Å². The van der Waals surface area contributed by atoms with Gasteiger partial charge in [-0.2, -0.15) is 0 Å². The molecule has 43 heavy (non-hydrogen) atoms. The molecule has 0 aliphatic carbocycles. The molecule has 5 aromatic carbocycles. The topological polar surface area (TPSA) is 18.8 Å². The highest BCUT2D eigenvalue weighted by molar-refractivity contribution is 5.91. The van der Waals surface area contributed by atoms with E-state index in [-0.39, 0.29) is 0 Å². The van der Waals surface area contributed by atoms with E-state index in [1.807, 2.05) is 90.8 Å². The Kier molecular flexibility index (Phi) is 9.97. The largest absolute Gasteiger partial charge is 0.345 e. The summed E-state index contributed by atoms with van der Waals surface area (Å²) in [6.45, 7) is 2.02. The average Bonchev–Trinajstić information content (AvgIpc) is 3.08. The second kappa shape index (κ2) is 14.8. The minimum Gasteiger partial charge on any atom is -0.345 e. The molecular formula is C40H35N3. The summed E-state index contributed by atoms with van der Waals surface area (Å²) in [5.41, 5.74) is 8.78. The van der Waals surface area contributed by atoms with E-state index in [9.17, 15) is 0 Å². The van der Waals surface area contributed by atoms with Crippen LogP contribution in [0.4, 0.5) is 17.1 Å². The van der Waals surface area contributed by atoms with Crippen LogP contribution in [0.25, 0.3) is 11.6 Å². The summed E-state index contributed by atoms with van der Waals surface area (Å²) in [5.74, 6) is 3.12. The fourth-order valence-corrected chi connectivity index (χ4v) is 4.75. The molecule has 0 spiro atoms. The number of benzene rings is 5. The summed E-state index contributed by atoms with van der Waals surface area (Å²) in [6, 6.07) is 49.9. The molecule has 0 radical (unpaired) electrons. The molecule has 3 heteroatoms. The molecule has 0 atom stereocenters. The Morgan fingerprint density at radius 2 is 1.09 bits per heavy atom. The zero-order valence-electron chi connectivity index (χ0n) is 24.6. The minimum absolute atomic E-state index is 0.973. The zero-order valence-corrected chi connectivity index (χ0v) is 24.6. The van der Waals surface area contributed by atoms with Crippen molar-refractivity contribution in [1.29, 1.82) is 0 Å². The summed E-state index contributed by atoms with van der Waals surface area (Å²) in [6.07, 6.45) is 10.3. The van der Waals surface area contributed by atoms with Crippen molar-refractivity contribution in [3.8, 4) is 0 Å². The first-order valence-electron chi connectivity index (χ1n) is 14.4. The van der Waals surface area contributed by atoms with E-state index in [2.05, 4.69) is 120 Å². The van der Waals surface area contributed by atoms with Gasteiger partial charge in [0.05, 0.1) is 11.4 Å². The quantitative estimate of drug-likeness (QED) is 0.0736. The number of anilines is 3. The summed E-state index contributed by atoms with van der Waals surface area (Å²) >= 11 is 0. The van der Waals surface area contributed by atoms with Crippen LogP contribution in [0.1, 0.15) is 23.6 Å². The van der Waals surface area contributed by atoms with E-state index in [4.69, 9.17) is 0 Å². The summed E-state index contributed by atoms with van der Waals surface area (Å²) in [7, 11) is 2.07. The van der Waals surface area contributed by atoms with Crippen LogP contribution in [-0.4, -0.2) is 12.9 Å². The maximum Gasteiger partial charge on any atom is 0.0659 e. The molecule has 0 saturated carbocycles. The van der Waals surface area contributed by atoms with E-state index < -0.39 is 0 Å². The number of hydrogen-bond donors (Lipinski definition) is 0. The maximum atomic E-state index is 4.65. The first kappa shape index (κ1) is 28.9. The fourth-order valence-electron chi connectivity index (χ4n) is 4.75. The van der Waals surface area contributed by atoms with E-state index in [1.165, 1.54) is 16.7 Å². The Morgan fingerprint density at radius 3 is 1.58 bits per heavy atom. The number of likely N-dealkylation sites (N-methyl/N-ethyl adjacent to an activating group) is 1. The summed E-state index contributed by atoms with van der Waals surface area (Å²) in [4.78, 5) is 2.16. The highest BCUT2D eigenvalue weighted by Crippen LogP contribution is 2.28. The van der Waals surface area contributed by atoms with Gasteiger partial charge in [-0.25, -0.2) is 5.01 Å². The van der Waals surface area contributed by atoms with Crippen molar-refractivity contribution in [2.45, 2.75) is 6.92 Å². The number of rotatable bonds is 10. The van der Waals surface area contributed by atoms with Crippen molar-refractivity contribution in [1.82, 2.24) is 0 Å². The van der Waals surface area contributed by atoms with Gasteiger partial charge in [0.2, 0.25) is 0 Å². The molecule has 0 unspecified atom stereocenters. The molecule has 0 aromatic heterocycles. The van der Waals surface area contributed by atoms with Crippen LogP contribution < -0.4 is 9.91 Å². The van der Waals surface area contributed by atoms with Gasteiger partial charge < -0.3 is 4.90 Å². The normalized spacial score (nSPS) is 11.0. The third-order valence-electron chi connectivity index (χ3n) is 6.97. The zero-order chi connectivity index (χ0) is 29.7. The molecule has 5 aromatic rings. The lowest BCUT2D eigenvalue weighted by atomic mass is 9.96. The maximum absolute atomic E-state index is 4.65. The van der Waals surface area contributed by atoms with Crippen molar-refractivity contribution in [3.05, 3.63) is 192 Å². The van der Waals surface area contributed by atoms with Gasteiger partial charge in [-0.15, -0.1) is 5.10 Å². The standard InChI is InChI=1S/C40H35N3/c1-3-17-36(26-16-31-41-43(38-22-12-6-13-23-38)39-24-14-7-15-25-39)42(2)37-29-27-33(28-30-37)32-40(34-18-8-4-9-19-34)35-20-10-5-11-21-35/h3-30,32H,1-2H3/b17-3-,36-26+.